The van der Waals surface area contributed by atoms with Crippen LogP contribution in [0.1, 0.15) is 32.3 Å². The van der Waals surface area contributed by atoms with Crippen molar-refractivity contribution >= 4 is 11.8 Å². The first-order valence-electron chi connectivity index (χ1n) is 9.78. The fraction of sp³-hybridized carbons (Fsp3) is 0.476. The molecule has 8 heteroatoms. The number of aryl methyl sites for hydroxylation is 1. The van der Waals surface area contributed by atoms with Crippen molar-refractivity contribution in [2.75, 3.05) is 6.54 Å². The number of nitrogens with zero attached hydrogens (tertiary/aromatic N) is 3. The molecule has 7 nitrogen and oxygen atoms in total. The van der Waals surface area contributed by atoms with E-state index in [1.54, 1.807) is 10.9 Å². The predicted molar refractivity (Wildman–Crippen MR) is 108 cm³/mol. The van der Waals surface area contributed by atoms with Gasteiger partial charge in [-0.25, -0.2) is 4.39 Å². The van der Waals surface area contributed by atoms with Gasteiger partial charge in [-0.1, -0.05) is 24.3 Å². The predicted octanol–water partition coefficient (Wildman–Crippen LogP) is 1.77. The fourth-order valence-electron chi connectivity index (χ4n) is 3.53. The Morgan fingerprint density at radius 3 is 2.59 bits per heavy atom. The molecule has 2 aromatic rings. The smallest absolute Gasteiger partial charge is 0.243 e. The Labute approximate surface area is 170 Å². The second-order valence-electron chi connectivity index (χ2n) is 7.99. The summed E-state index contributed by atoms with van der Waals surface area (Å²) in [5, 5.41) is 7.05. The summed E-state index contributed by atoms with van der Waals surface area (Å²) in [6.45, 7) is 3.32. The van der Waals surface area contributed by atoms with Crippen LogP contribution in [0.3, 0.4) is 0 Å². The van der Waals surface area contributed by atoms with E-state index in [0.717, 1.165) is 16.8 Å². The number of carbonyl (C=O) groups excluding carboxylic acids is 2. The summed E-state index contributed by atoms with van der Waals surface area (Å²) in [7, 11) is 1.88. The van der Waals surface area contributed by atoms with E-state index in [1.165, 1.54) is 18.7 Å². The molecule has 1 saturated heterocycles. The molecule has 3 N–H and O–H groups in total. The van der Waals surface area contributed by atoms with Crippen molar-refractivity contribution in [3.8, 4) is 11.3 Å². The number of carbonyl (C=O) groups is 2. The first-order valence-corrected chi connectivity index (χ1v) is 9.78. The number of hydrogen-bond donors (Lipinski definition) is 2. The van der Waals surface area contributed by atoms with Gasteiger partial charge in [-0.3, -0.25) is 14.3 Å². The maximum absolute atomic E-state index is 14.1. The molecule has 156 valence electrons. The molecule has 0 spiro atoms. The summed E-state index contributed by atoms with van der Waals surface area (Å²) >= 11 is 0. The first kappa shape index (κ1) is 21.0. The molecule has 0 aliphatic carbocycles. The molecule has 0 radical (unpaired) electrons. The van der Waals surface area contributed by atoms with E-state index < -0.39 is 23.7 Å². The lowest BCUT2D eigenvalue weighted by molar-refractivity contribution is -0.141. The highest BCUT2D eigenvalue weighted by atomic mass is 19.1. The molecule has 0 bridgehead atoms. The Morgan fingerprint density at radius 1 is 1.31 bits per heavy atom. The number of alkyl halides is 1. The molecule has 1 aromatic heterocycles. The van der Waals surface area contributed by atoms with Crippen molar-refractivity contribution in [2.45, 2.75) is 51.0 Å². The van der Waals surface area contributed by atoms with Gasteiger partial charge in [0.15, 0.2) is 0 Å². The largest absolute Gasteiger partial charge is 0.350 e. The van der Waals surface area contributed by atoms with E-state index in [2.05, 4.69) is 10.4 Å². The summed E-state index contributed by atoms with van der Waals surface area (Å²) in [5.74, 6) is -0.758. The zero-order chi connectivity index (χ0) is 21.2. The van der Waals surface area contributed by atoms with Gasteiger partial charge < -0.3 is 16.0 Å². The summed E-state index contributed by atoms with van der Waals surface area (Å²) in [4.78, 5) is 26.6. The van der Waals surface area contributed by atoms with Gasteiger partial charge in [-0.15, -0.1) is 0 Å². The fourth-order valence-corrected chi connectivity index (χ4v) is 3.53. The molecule has 1 aliphatic rings. The molecule has 1 aliphatic heterocycles. The number of benzene rings is 1. The summed E-state index contributed by atoms with van der Waals surface area (Å²) in [6.07, 6.45) is 2.99. The van der Waals surface area contributed by atoms with E-state index in [0.29, 0.717) is 25.9 Å². The minimum Gasteiger partial charge on any atom is -0.350 e. The lowest BCUT2D eigenvalue weighted by Gasteiger charge is -2.30. The molecule has 0 saturated carbocycles. The minimum absolute atomic E-state index is 0.240. The van der Waals surface area contributed by atoms with Gasteiger partial charge in [0, 0.05) is 26.3 Å². The highest BCUT2D eigenvalue weighted by molar-refractivity contribution is 5.90. The van der Waals surface area contributed by atoms with Crippen molar-refractivity contribution in [2.24, 2.45) is 12.8 Å². The van der Waals surface area contributed by atoms with Crippen LogP contribution < -0.4 is 11.1 Å². The number of rotatable bonds is 6. The number of amides is 2. The Morgan fingerprint density at radius 2 is 2.00 bits per heavy atom. The van der Waals surface area contributed by atoms with Crippen LogP contribution in [-0.4, -0.2) is 50.8 Å². The average Bonchev–Trinajstić information content (AvgIpc) is 3.33. The Bertz CT molecular complexity index is 872. The quantitative estimate of drug-likeness (QED) is 0.772. The highest BCUT2D eigenvalue weighted by Crippen LogP contribution is 2.23. The SMILES string of the molecule is Cn1nccc1-c1ccc(CNC(=O)C2CCCN2C(=O)C(N)C(C)(C)F)cc1. The highest BCUT2D eigenvalue weighted by Gasteiger charge is 2.41. The maximum Gasteiger partial charge on any atom is 0.243 e. The van der Waals surface area contributed by atoms with Crippen LogP contribution in [0.25, 0.3) is 11.3 Å². The Hall–Kier alpha value is -2.74. The van der Waals surface area contributed by atoms with Crippen molar-refractivity contribution in [3.05, 3.63) is 42.1 Å². The third kappa shape index (κ3) is 4.64. The average molecular weight is 401 g/mol. The van der Waals surface area contributed by atoms with E-state index >= 15 is 0 Å². The molecule has 1 fully saturated rings. The van der Waals surface area contributed by atoms with E-state index in [-0.39, 0.29) is 5.91 Å². The van der Waals surface area contributed by atoms with Crippen molar-refractivity contribution in [1.82, 2.24) is 20.0 Å². The molecular formula is C21H28FN5O2. The molecular weight excluding hydrogens is 373 g/mol. The van der Waals surface area contributed by atoms with Crippen LogP contribution >= 0.6 is 0 Å². The number of aromatic nitrogens is 2. The molecule has 1 aromatic carbocycles. The van der Waals surface area contributed by atoms with Gasteiger partial charge in [0.2, 0.25) is 11.8 Å². The Balaban J connectivity index is 1.60. The molecule has 2 unspecified atom stereocenters. The van der Waals surface area contributed by atoms with E-state index in [4.69, 9.17) is 5.73 Å². The molecule has 2 atom stereocenters. The standard InChI is InChI=1S/C21H28FN5O2/c1-21(2,22)18(23)20(29)27-12-4-5-17(27)19(28)24-13-14-6-8-15(9-7-14)16-10-11-25-26(16)3/h6-11,17-18H,4-5,12-13,23H2,1-3H3,(H,24,28). The van der Waals surface area contributed by atoms with Crippen molar-refractivity contribution in [3.63, 3.8) is 0 Å². The zero-order valence-electron chi connectivity index (χ0n) is 17.1. The molecule has 3 rings (SSSR count). The van der Waals surface area contributed by atoms with Crippen molar-refractivity contribution < 1.29 is 14.0 Å². The van der Waals surface area contributed by atoms with Crippen LogP contribution in [0.5, 0.6) is 0 Å². The van der Waals surface area contributed by atoms with Crippen LogP contribution in [-0.2, 0) is 23.2 Å². The van der Waals surface area contributed by atoms with Gasteiger partial charge in [-0.05, 0) is 43.9 Å². The monoisotopic (exact) mass is 401 g/mol. The lowest BCUT2D eigenvalue weighted by Crippen LogP contribution is -2.56. The van der Waals surface area contributed by atoms with Crippen LogP contribution in [0, 0.1) is 0 Å². The second kappa shape index (κ2) is 8.32. The van der Waals surface area contributed by atoms with Crippen LogP contribution in [0.2, 0.25) is 0 Å². The number of hydrogen-bond acceptors (Lipinski definition) is 4. The van der Waals surface area contributed by atoms with Crippen LogP contribution in [0.4, 0.5) is 4.39 Å². The van der Waals surface area contributed by atoms with E-state index in [9.17, 15) is 14.0 Å². The zero-order valence-corrected chi connectivity index (χ0v) is 17.1. The van der Waals surface area contributed by atoms with Gasteiger partial charge in [0.25, 0.3) is 0 Å². The minimum atomic E-state index is -1.84. The van der Waals surface area contributed by atoms with Gasteiger partial charge in [0.1, 0.15) is 17.8 Å². The van der Waals surface area contributed by atoms with Gasteiger partial charge >= 0.3 is 0 Å². The summed E-state index contributed by atoms with van der Waals surface area (Å²) < 4.78 is 15.9. The molecule has 2 amide bonds. The first-order chi connectivity index (χ1) is 13.7. The van der Waals surface area contributed by atoms with E-state index in [1.807, 2.05) is 37.4 Å². The van der Waals surface area contributed by atoms with Crippen molar-refractivity contribution in [1.29, 1.82) is 0 Å². The third-order valence-electron chi connectivity index (χ3n) is 5.38. The molecule has 29 heavy (non-hydrogen) atoms. The molecule has 2 heterocycles. The second-order valence-corrected chi connectivity index (χ2v) is 7.99. The number of nitrogens with one attached hydrogen (secondary N) is 1. The van der Waals surface area contributed by atoms with Crippen LogP contribution in [0.15, 0.2) is 36.5 Å². The number of likely N-dealkylation sites (tertiary alicyclic amines) is 1. The number of nitrogens with two attached hydrogens (primary N) is 1. The topological polar surface area (TPSA) is 93.2 Å². The normalized spacial score (nSPS) is 18.0. The lowest BCUT2D eigenvalue weighted by atomic mass is 10.00. The Kier molecular flexibility index (Phi) is 6.02. The number of halogens is 1. The van der Waals surface area contributed by atoms with Gasteiger partial charge in [0.05, 0.1) is 5.69 Å². The third-order valence-corrected chi connectivity index (χ3v) is 5.38. The maximum atomic E-state index is 14.1. The summed E-state index contributed by atoms with van der Waals surface area (Å²) in [5.41, 5.74) is 6.92. The van der Waals surface area contributed by atoms with Gasteiger partial charge in [-0.2, -0.15) is 5.10 Å². The summed E-state index contributed by atoms with van der Waals surface area (Å²) in [6, 6.07) is 7.90.